The van der Waals surface area contributed by atoms with Gasteiger partial charge in [0.2, 0.25) is 9.84 Å². The highest BCUT2D eigenvalue weighted by Gasteiger charge is 2.36. The molecule has 0 fully saturated rings. The van der Waals surface area contributed by atoms with Crippen LogP contribution in [0, 0.1) is 0 Å². The molecule has 0 saturated heterocycles. The first-order chi connectivity index (χ1) is 15.2. The van der Waals surface area contributed by atoms with Gasteiger partial charge in [0.05, 0.1) is 9.79 Å². The maximum absolute atomic E-state index is 12.7. The molecule has 13 heteroatoms. The highest BCUT2D eigenvalue weighted by molar-refractivity contribution is 7.91. The fourth-order valence-electron chi connectivity index (χ4n) is 2.21. The summed E-state index contributed by atoms with van der Waals surface area (Å²) >= 11 is 0. The van der Waals surface area contributed by atoms with Gasteiger partial charge in [0.25, 0.3) is 11.6 Å². The van der Waals surface area contributed by atoms with Crippen molar-refractivity contribution in [2.45, 2.75) is 22.1 Å². The van der Waals surface area contributed by atoms with E-state index < -0.39 is 33.8 Å². The van der Waals surface area contributed by atoms with Crippen molar-refractivity contribution in [3.8, 4) is 0 Å². The molecule has 0 heterocycles. The number of benzene rings is 2. The minimum atomic E-state index is -5.00. The molecule has 6 nitrogen and oxygen atoms in total. The van der Waals surface area contributed by atoms with Crippen LogP contribution in [0.5, 0.6) is 0 Å². The maximum Gasteiger partial charge on any atom is 0.454 e. The molecule has 0 bridgehead atoms. The summed E-state index contributed by atoms with van der Waals surface area (Å²) < 4.78 is 98.1. The zero-order chi connectivity index (χ0) is 24.9. The molecule has 0 spiro atoms. The smallest absolute Gasteiger partial charge is 0.362 e. The second-order valence-corrected chi connectivity index (χ2v) is 8.18. The van der Waals surface area contributed by atoms with E-state index in [1.165, 1.54) is 48.5 Å². The van der Waals surface area contributed by atoms with Crippen molar-refractivity contribution in [1.82, 2.24) is 0 Å². The van der Waals surface area contributed by atoms with Crippen LogP contribution >= 0.6 is 0 Å². The topological polar surface area (TPSA) is 92.3 Å². The molecule has 0 aromatic heterocycles. The van der Waals surface area contributed by atoms with Gasteiger partial charge in [0.1, 0.15) is 0 Å². The Balaban J connectivity index is 2.06. The lowest BCUT2D eigenvalue weighted by atomic mass is 10.3. The summed E-state index contributed by atoms with van der Waals surface area (Å²) in [6.45, 7) is 0. The van der Waals surface area contributed by atoms with Crippen molar-refractivity contribution in [3.63, 3.8) is 0 Å². The van der Waals surface area contributed by atoms with Crippen molar-refractivity contribution in [2.75, 3.05) is 10.6 Å². The minimum Gasteiger partial charge on any atom is -0.362 e. The summed E-state index contributed by atoms with van der Waals surface area (Å²) in [5, 5.41) is 4.81. The number of nitrogens with one attached hydrogen (secondary N) is 2. The first kappa shape index (κ1) is 25.6. The van der Waals surface area contributed by atoms with E-state index in [2.05, 4.69) is 10.6 Å². The zero-order valence-corrected chi connectivity index (χ0v) is 17.1. The average molecular weight is 492 g/mol. The third-order valence-corrected chi connectivity index (χ3v) is 5.64. The predicted octanol–water partition coefficient (Wildman–Crippen LogP) is 4.63. The third-order valence-electron chi connectivity index (χ3n) is 3.86. The molecule has 0 aliphatic carbocycles. The van der Waals surface area contributed by atoms with Crippen LogP contribution in [0.15, 0.2) is 82.9 Å². The maximum atomic E-state index is 12.7. The summed E-state index contributed by atoms with van der Waals surface area (Å²) in [5.41, 5.74) is 0.444. The molecule has 0 atom stereocenters. The summed E-state index contributed by atoms with van der Waals surface area (Å²) in [7, 11) is -3.98. The van der Waals surface area contributed by atoms with Gasteiger partial charge in [0.15, 0.2) is 0 Å². The molecule has 176 valence electrons. The van der Waals surface area contributed by atoms with Crippen LogP contribution in [0.3, 0.4) is 0 Å². The molecule has 0 amide bonds. The molecule has 2 rings (SSSR count). The summed E-state index contributed by atoms with van der Waals surface area (Å²) in [6.07, 6.45) is -7.90. The zero-order valence-electron chi connectivity index (χ0n) is 16.2. The molecule has 0 unspecified atom stereocenters. The standard InChI is InChI=1S/C20H14F6N2O4S/c21-19(22,23)17(29)9-11-27-13-1-5-15(6-2-13)33(31,32)16-7-3-14(4-8-16)28-12-10-18(30)20(24,25)26/h1-12,27-28H. The lowest BCUT2D eigenvalue weighted by Gasteiger charge is -2.08. The van der Waals surface area contributed by atoms with Gasteiger partial charge in [0, 0.05) is 35.9 Å². The van der Waals surface area contributed by atoms with Crippen LogP contribution in [0.2, 0.25) is 0 Å². The summed E-state index contributed by atoms with van der Waals surface area (Å²) in [5.74, 6) is -4.12. The minimum absolute atomic E-state index is 0.139. The Morgan fingerprint density at radius 2 is 0.939 bits per heavy atom. The number of carbonyl (C=O) groups is 2. The number of rotatable bonds is 8. The van der Waals surface area contributed by atoms with Crippen LogP contribution in [0.1, 0.15) is 0 Å². The normalized spacial score (nSPS) is 12.8. The van der Waals surface area contributed by atoms with E-state index in [0.29, 0.717) is 0 Å². The molecular formula is C20H14F6N2O4S. The molecular weight excluding hydrogens is 478 g/mol. The average Bonchev–Trinajstić information content (AvgIpc) is 2.73. The number of carbonyl (C=O) groups excluding carboxylic acids is 2. The first-order valence-corrected chi connectivity index (χ1v) is 10.2. The largest absolute Gasteiger partial charge is 0.454 e. The van der Waals surface area contributed by atoms with Crippen molar-refractivity contribution < 1.29 is 44.3 Å². The van der Waals surface area contributed by atoms with Gasteiger partial charge in [-0.05, 0) is 48.5 Å². The van der Waals surface area contributed by atoms with Crippen molar-refractivity contribution >= 4 is 32.8 Å². The predicted molar refractivity (Wildman–Crippen MR) is 106 cm³/mol. The van der Waals surface area contributed by atoms with Crippen LogP contribution in [0.4, 0.5) is 37.7 Å². The van der Waals surface area contributed by atoms with Crippen LogP contribution in [-0.4, -0.2) is 32.3 Å². The lowest BCUT2D eigenvalue weighted by molar-refractivity contribution is -0.165. The molecule has 2 aromatic carbocycles. The second-order valence-electron chi connectivity index (χ2n) is 6.23. The molecule has 0 saturated carbocycles. The van der Waals surface area contributed by atoms with Gasteiger partial charge in [-0.3, -0.25) is 9.59 Å². The highest BCUT2D eigenvalue weighted by Crippen LogP contribution is 2.24. The Kier molecular flexibility index (Phi) is 7.69. The van der Waals surface area contributed by atoms with Gasteiger partial charge in [-0.1, -0.05) is 0 Å². The Labute approximate surface area is 183 Å². The molecule has 0 radical (unpaired) electrons. The fourth-order valence-corrected chi connectivity index (χ4v) is 3.47. The van der Waals surface area contributed by atoms with Gasteiger partial charge < -0.3 is 10.6 Å². The van der Waals surface area contributed by atoms with Crippen LogP contribution in [-0.2, 0) is 19.4 Å². The van der Waals surface area contributed by atoms with E-state index in [-0.39, 0.29) is 33.3 Å². The van der Waals surface area contributed by atoms with Crippen molar-refractivity contribution in [3.05, 3.63) is 73.1 Å². The van der Waals surface area contributed by atoms with E-state index in [1.54, 1.807) is 0 Å². The van der Waals surface area contributed by atoms with Gasteiger partial charge in [-0.25, -0.2) is 8.42 Å². The van der Waals surface area contributed by atoms with Gasteiger partial charge in [-0.2, -0.15) is 26.3 Å². The van der Waals surface area contributed by atoms with E-state index >= 15 is 0 Å². The molecule has 0 aliphatic heterocycles. The van der Waals surface area contributed by atoms with E-state index in [9.17, 15) is 44.3 Å². The quantitative estimate of drug-likeness (QED) is 0.412. The molecule has 33 heavy (non-hydrogen) atoms. The highest BCUT2D eigenvalue weighted by atomic mass is 32.2. The van der Waals surface area contributed by atoms with Gasteiger partial charge >= 0.3 is 12.4 Å². The number of ketones is 2. The Morgan fingerprint density at radius 3 is 1.21 bits per heavy atom. The van der Waals surface area contributed by atoms with Crippen LogP contribution < -0.4 is 10.6 Å². The number of halogens is 6. The Morgan fingerprint density at radius 1 is 0.636 bits per heavy atom. The number of alkyl halides is 6. The summed E-state index contributed by atoms with van der Waals surface area (Å²) in [4.78, 5) is 21.2. The van der Waals surface area contributed by atoms with E-state index in [4.69, 9.17) is 0 Å². The molecule has 2 aromatic rings. The fraction of sp³-hybridized carbons (Fsp3) is 0.100. The van der Waals surface area contributed by atoms with Crippen molar-refractivity contribution in [1.29, 1.82) is 0 Å². The van der Waals surface area contributed by atoms with E-state index in [0.717, 1.165) is 12.4 Å². The number of anilines is 2. The number of allylic oxidation sites excluding steroid dienone is 2. The van der Waals surface area contributed by atoms with Crippen LogP contribution in [0.25, 0.3) is 0 Å². The van der Waals surface area contributed by atoms with Gasteiger partial charge in [-0.15, -0.1) is 0 Å². The number of sulfone groups is 1. The molecule has 2 N–H and O–H groups in total. The first-order valence-electron chi connectivity index (χ1n) is 8.75. The second kappa shape index (κ2) is 9.90. The SMILES string of the molecule is O=C(C=CNc1ccc(S(=O)(=O)c2ccc(NC=CC(=O)C(F)(F)F)cc2)cc1)C(F)(F)F. The lowest BCUT2D eigenvalue weighted by Crippen LogP contribution is -2.20. The number of hydrogen-bond acceptors (Lipinski definition) is 6. The number of hydrogen-bond donors (Lipinski definition) is 2. The Bertz CT molecular complexity index is 1080. The Hall–Kier alpha value is -3.61. The van der Waals surface area contributed by atoms with E-state index in [1.807, 2.05) is 0 Å². The molecule has 0 aliphatic rings. The monoisotopic (exact) mass is 492 g/mol. The third kappa shape index (κ3) is 7.20. The summed E-state index contributed by atoms with van der Waals surface area (Å²) in [6, 6.07) is 9.84. The van der Waals surface area contributed by atoms with Crippen molar-refractivity contribution in [2.24, 2.45) is 0 Å².